The highest BCUT2D eigenvalue weighted by Gasteiger charge is 2.34. The Morgan fingerprint density at radius 2 is 2.29 bits per heavy atom. The number of amides is 1. The molecule has 1 atom stereocenters. The highest BCUT2D eigenvalue weighted by molar-refractivity contribution is 5.76. The second-order valence-electron chi connectivity index (χ2n) is 3.35. The summed E-state index contributed by atoms with van der Waals surface area (Å²) in [5.74, 6) is -0.223. The number of carbonyl (C=O) groups excluding carboxylic acids is 2. The van der Waals surface area contributed by atoms with Crippen LogP contribution >= 0.6 is 0 Å². The Morgan fingerprint density at radius 3 is 2.71 bits per heavy atom. The van der Waals surface area contributed by atoms with Crippen molar-refractivity contribution in [2.45, 2.75) is 19.4 Å². The lowest BCUT2D eigenvalue weighted by Crippen LogP contribution is -2.54. The van der Waals surface area contributed by atoms with Crippen molar-refractivity contribution in [3.05, 3.63) is 0 Å². The van der Waals surface area contributed by atoms with Gasteiger partial charge in [0.05, 0.1) is 7.11 Å². The lowest BCUT2D eigenvalue weighted by molar-refractivity contribution is -0.151. The number of ether oxygens (including phenoxy) is 1. The van der Waals surface area contributed by atoms with E-state index in [4.69, 9.17) is 0 Å². The van der Waals surface area contributed by atoms with Gasteiger partial charge < -0.3 is 10.1 Å². The molecule has 0 radical (unpaired) electrons. The summed E-state index contributed by atoms with van der Waals surface area (Å²) < 4.78 is 4.64. The zero-order valence-corrected chi connectivity index (χ0v) is 8.58. The lowest BCUT2D eigenvalue weighted by Gasteiger charge is -2.38. The molecular formula is C9H16N2O3. The van der Waals surface area contributed by atoms with Gasteiger partial charge in [-0.15, -0.1) is 0 Å². The van der Waals surface area contributed by atoms with Gasteiger partial charge in [-0.25, -0.2) is 0 Å². The maximum atomic E-state index is 11.2. The number of hydrogen-bond acceptors (Lipinski definition) is 4. The number of hydrogen-bond donors (Lipinski definition) is 1. The molecule has 1 heterocycles. The zero-order chi connectivity index (χ0) is 10.6. The molecule has 80 valence electrons. The number of carbonyl (C=O) groups is 2. The molecule has 1 aliphatic rings. The lowest BCUT2D eigenvalue weighted by atomic mass is 10.0. The maximum Gasteiger partial charge on any atom is 0.323 e. The Morgan fingerprint density at radius 1 is 1.57 bits per heavy atom. The van der Waals surface area contributed by atoms with Crippen molar-refractivity contribution in [1.29, 1.82) is 0 Å². The average molecular weight is 200 g/mol. The highest BCUT2D eigenvalue weighted by Crippen LogP contribution is 2.17. The van der Waals surface area contributed by atoms with E-state index in [1.807, 2.05) is 4.90 Å². The molecule has 0 saturated carbocycles. The molecule has 0 aliphatic carbocycles. The van der Waals surface area contributed by atoms with Crippen molar-refractivity contribution in [2.75, 3.05) is 26.7 Å². The zero-order valence-electron chi connectivity index (χ0n) is 8.58. The number of nitrogens with zero attached hydrogens (tertiary/aromatic N) is 1. The van der Waals surface area contributed by atoms with Crippen LogP contribution in [0.25, 0.3) is 0 Å². The first-order valence-corrected chi connectivity index (χ1v) is 4.71. The van der Waals surface area contributed by atoms with Crippen molar-refractivity contribution >= 4 is 11.9 Å². The van der Waals surface area contributed by atoms with E-state index in [9.17, 15) is 9.59 Å². The van der Waals surface area contributed by atoms with Gasteiger partial charge in [-0.1, -0.05) is 0 Å². The monoisotopic (exact) mass is 200 g/mol. The van der Waals surface area contributed by atoms with Gasteiger partial charge in [0, 0.05) is 26.6 Å². The van der Waals surface area contributed by atoms with Gasteiger partial charge in [-0.2, -0.15) is 0 Å². The smallest absolute Gasteiger partial charge is 0.323 e. The quantitative estimate of drug-likeness (QED) is 0.614. The van der Waals surface area contributed by atoms with Crippen molar-refractivity contribution < 1.29 is 14.3 Å². The molecule has 5 nitrogen and oxygen atoms in total. The van der Waals surface area contributed by atoms with Gasteiger partial charge in [0.25, 0.3) is 0 Å². The van der Waals surface area contributed by atoms with Crippen LogP contribution in [0.2, 0.25) is 0 Å². The van der Waals surface area contributed by atoms with Crippen molar-refractivity contribution in [1.82, 2.24) is 10.2 Å². The van der Waals surface area contributed by atoms with E-state index in [1.165, 1.54) is 14.0 Å². The molecule has 0 aromatic rings. The van der Waals surface area contributed by atoms with Gasteiger partial charge in [-0.05, 0) is 6.42 Å². The summed E-state index contributed by atoms with van der Waals surface area (Å²) in [6.45, 7) is 3.68. The summed E-state index contributed by atoms with van der Waals surface area (Å²) in [4.78, 5) is 23.7. The van der Waals surface area contributed by atoms with E-state index in [2.05, 4.69) is 10.1 Å². The fraction of sp³-hybridized carbons (Fsp3) is 0.778. The van der Waals surface area contributed by atoms with Crippen LogP contribution in [0.3, 0.4) is 0 Å². The van der Waals surface area contributed by atoms with E-state index >= 15 is 0 Å². The summed E-state index contributed by atoms with van der Waals surface area (Å²) in [5.41, 5.74) is 0. The molecule has 0 aromatic carbocycles. The predicted octanol–water partition coefficient (Wildman–Crippen LogP) is -0.630. The summed E-state index contributed by atoms with van der Waals surface area (Å²) in [7, 11) is 1.40. The van der Waals surface area contributed by atoms with Crippen molar-refractivity contribution in [2.24, 2.45) is 0 Å². The fourth-order valence-corrected chi connectivity index (χ4v) is 1.49. The van der Waals surface area contributed by atoms with Gasteiger partial charge in [0.15, 0.2) is 0 Å². The SMILES string of the molecule is COC(=O)C1CCN1CCNC(C)=O. The molecule has 1 aliphatic heterocycles. The molecular weight excluding hydrogens is 184 g/mol. The number of likely N-dealkylation sites (tertiary alicyclic amines) is 1. The number of methoxy groups -OCH3 is 1. The van der Waals surface area contributed by atoms with E-state index < -0.39 is 0 Å². The third-order valence-electron chi connectivity index (χ3n) is 2.38. The van der Waals surface area contributed by atoms with Gasteiger partial charge >= 0.3 is 5.97 Å². The highest BCUT2D eigenvalue weighted by atomic mass is 16.5. The van der Waals surface area contributed by atoms with Crippen LogP contribution in [0.15, 0.2) is 0 Å². The number of rotatable bonds is 4. The van der Waals surface area contributed by atoms with Crippen molar-refractivity contribution in [3.63, 3.8) is 0 Å². The van der Waals surface area contributed by atoms with Crippen LogP contribution in [-0.4, -0.2) is 49.6 Å². The molecule has 14 heavy (non-hydrogen) atoms. The molecule has 0 spiro atoms. The van der Waals surface area contributed by atoms with Crippen LogP contribution in [0.1, 0.15) is 13.3 Å². The van der Waals surface area contributed by atoms with Crippen LogP contribution in [0.4, 0.5) is 0 Å². The Kier molecular flexibility index (Phi) is 3.88. The Hall–Kier alpha value is -1.10. The maximum absolute atomic E-state index is 11.2. The van der Waals surface area contributed by atoms with Crippen LogP contribution in [0.5, 0.6) is 0 Å². The first kappa shape index (κ1) is 11.0. The topological polar surface area (TPSA) is 58.6 Å². The van der Waals surface area contributed by atoms with E-state index in [-0.39, 0.29) is 17.9 Å². The first-order chi connectivity index (χ1) is 6.65. The van der Waals surface area contributed by atoms with E-state index in [0.29, 0.717) is 13.1 Å². The normalized spacial score (nSPS) is 21.1. The number of nitrogens with one attached hydrogen (secondary N) is 1. The van der Waals surface area contributed by atoms with E-state index in [1.54, 1.807) is 0 Å². The summed E-state index contributed by atoms with van der Waals surface area (Å²) in [5, 5.41) is 2.69. The molecule has 1 N–H and O–H groups in total. The molecule has 1 amide bonds. The standard InChI is InChI=1S/C9H16N2O3/c1-7(12)10-4-6-11-5-3-8(11)9(13)14-2/h8H,3-6H2,1-2H3,(H,10,12). The average Bonchev–Trinajstić information content (AvgIpc) is 2.09. The third-order valence-corrected chi connectivity index (χ3v) is 2.38. The second kappa shape index (κ2) is 4.95. The van der Waals surface area contributed by atoms with Crippen LogP contribution in [-0.2, 0) is 14.3 Å². The minimum atomic E-state index is -0.181. The predicted molar refractivity (Wildman–Crippen MR) is 50.7 cm³/mol. The molecule has 0 aromatic heterocycles. The van der Waals surface area contributed by atoms with Gasteiger partial charge in [-0.3, -0.25) is 14.5 Å². The molecule has 5 heteroatoms. The molecule has 1 saturated heterocycles. The summed E-state index contributed by atoms with van der Waals surface area (Å²) in [6, 6.07) is -0.103. The fourth-order valence-electron chi connectivity index (χ4n) is 1.49. The van der Waals surface area contributed by atoms with E-state index in [0.717, 1.165) is 13.0 Å². The second-order valence-corrected chi connectivity index (χ2v) is 3.35. The molecule has 1 fully saturated rings. The minimum absolute atomic E-state index is 0.0415. The largest absolute Gasteiger partial charge is 0.468 e. The van der Waals surface area contributed by atoms with Crippen LogP contribution in [0, 0.1) is 0 Å². The molecule has 0 bridgehead atoms. The Balaban J connectivity index is 2.19. The Bertz CT molecular complexity index is 230. The summed E-state index contributed by atoms with van der Waals surface area (Å²) >= 11 is 0. The Labute approximate surface area is 83.4 Å². The van der Waals surface area contributed by atoms with Gasteiger partial charge in [0.2, 0.25) is 5.91 Å². The summed E-state index contributed by atoms with van der Waals surface area (Å²) in [6.07, 6.45) is 0.854. The minimum Gasteiger partial charge on any atom is -0.468 e. The van der Waals surface area contributed by atoms with Crippen LogP contribution < -0.4 is 5.32 Å². The molecule has 1 unspecified atom stereocenters. The number of esters is 1. The third kappa shape index (κ3) is 2.70. The first-order valence-electron chi connectivity index (χ1n) is 4.71. The molecule has 1 rings (SSSR count). The van der Waals surface area contributed by atoms with Gasteiger partial charge in [0.1, 0.15) is 6.04 Å². The van der Waals surface area contributed by atoms with Crippen molar-refractivity contribution in [3.8, 4) is 0 Å².